The van der Waals surface area contributed by atoms with E-state index in [0.29, 0.717) is 12.1 Å². The highest BCUT2D eigenvalue weighted by molar-refractivity contribution is 5.97. The summed E-state index contributed by atoms with van der Waals surface area (Å²) >= 11 is 0. The number of carbonyl (C=O) groups is 2. The summed E-state index contributed by atoms with van der Waals surface area (Å²) in [5, 5.41) is 3.06. The van der Waals surface area contributed by atoms with Crippen molar-refractivity contribution in [3.8, 4) is 0 Å². The fraction of sp³-hybridized carbons (Fsp3) is 0.200. The summed E-state index contributed by atoms with van der Waals surface area (Å²) < 4.78 is 0. The van der Waals surface area contributed by atoms with E-state index in [2.05, 4.69) is 11.4 Å². The molecule has 4 rings (SSSR count). The Morgan fingerprint density at radius 1 is 0.862 bits per heavy atom. The van der Waals surface area contributed by atoms with Gasteiger partial charge < -0.3 is 10.2 Å². The first-order valence-electron chi connectivity index (χ1n) is 10.0. The molecule has 1 N–H and O–H groups in total. The van der Waals surface area contributed by atoms with Gasteiger partial charge in [0.05, 0.1) is 12.5 Å². The van der Waals surface area contributed by atoms with E-state index in [1.807, 2.05) is 71.6 Å². The number of anilines is 1. The van der Waals surface area contributed by atoms with Gasteiger partial charge in [-0.15, -0.1) is 0 Å². The summed E-state index contributed by atoms with van der Waals surface area (Å²) in [7, 11) is 0. The van der Waals surface area contributed by atoms with E-state index in [0.717, 1.165) is 24.1 Å². The predicted octanol–water partition coefficient (Wildman–Crippen LogP) is 4.53. The van der Waals surface area contributed by atoms with Crippen LogP contribution in [0.25, 0.3) is 0 Å². The number of hydrogen-bond acceptors (Lipinski definition) is 2. The highest BCUT2D eigenvalue weighted by atomic mass is 16.2. The number of fused-ring (bicyclic) bond motifs is 1. The first kappa shape index (κ1) is 18.9. The van der Waals surface area contributed by atoms with E-state index in [9.17, 15) is 9.59 Å². The Morgan fingerprint density at radius 2 is 1.52 bits per heavy atom. The second-order valence-electron chi connectivity index (χ2n) is 7.28. The second kappa shape index (κ2) is 8.74. The molecule has 2 amide bonds. The van der Waals surface area contributed by atoms with Crippen LogP contribution in [-0.4, -0.2) is 18.4 Å². The third-order valence-electron chi connectivity index (χ3n) is 5.33. The third-order valence-corrected chi connectivity index (χ3v) is 5.33. The van der Waals surface area contributed by atoms with Crippen LogP contribution in [0.3, 0.4) is 0 Å². The first-order chi connectivity index (χ1) is 14.2. The number of rotatable bonds is 5. The van der Waals surface area contributed by atoms with Gasteiger partial charge in [-0.2, -0.15) is 0 Å². The van der Waals surface area contributed by atoms with Crippen molar-refractivity contribution in [3.63, 3.8) is 0 Å². The minimum atomic E-state index is -0.384. The quantitative estimate of drug-likeness (QED) is 0.703. The number of para-hydroxylation sites is 1. The Bertz CT molecular complexity index is 986. The molecule has 1 unspecified atom stereocenters. The monoisotopic (exact) mass is 384 g/mol. The smallest absolute Gasteiger partial charge is 0.251 e. The minimum Gasteiger partial charge on any atom is -0.345 e. The average Bonchev–Trinajstić information content (AvgIpc) is 2.79. The van der Waals surface area contributed by atoms with Crippen LogP contribution in [0.4, 0.5) is 5.69 Å². The molecule has 1 heterocycles. The van der Waals surface area contributed by atoms with Crippen LogP contribution < -0.4 is 10.2 Å². The standard InChI is InChI=1S/C25H24N2O2/c28-24(27-17-9-15-20-12-7-8-16-23(20)27)18-22(19-10-3-1-4-11-19)26-25(29)21-13-5-2-6-14-21/h1-8,10-14,16,22H,9,15,17-18H2,(H,26,29). The van der Waals surface area contributed by atoms with E-state index in [1.165, 1.54) is 5.56 Å². The van der Waals surface area contributed by atoms with Crippen LogP contribution in [0.1, 0.15) is 40.4 Å². The average molecular weight is 384 g/mol. The maximum atomic E-state index is 13.2. The van der Waals surface area contributed by atoms with Crippen LogP contribution in [0.2, 0.25) is 0 Å². The van der Waals surface area contributed by atoms with E-state index in [4.69, 9.17) is 0 Å². The third kappa shape index (κ3) is 4.37. The lowest BCUT2D eigenvalue weighted by Gasteiger charge is -2.31. The SMILES string of the molecule is O=C(NC(CC(=O)N1CCCc2ccccc21)c1ccccc1)c1ccccc1. The molecule has 0 saturated carbocycles. The molecule has 4 heteroatoms. The van der Waals surface area contributed by atoms with Crippen molar-refractivity contribution >= 4 is 17.5 Å². The van der Waals surface area contributed by atoms with Crippen molar-refractivity contribution in [3.05, 3.63) is 102 Å². The van der Waals surface area contributed by atoms with Gasteiger partial charge in [0.1, 0.15) is 0 Å². The van der Waals surface area contributed by atoms with Crippen LogP contribution in [0.5, 0.6) is 0 Å². The van der Waals surface area contributed by atoms with Gasteiger partial charge in [0.2, 0.25) is 5.91 Å². The molecule has 3 aromatic rings. The Labute approximate surface area is 171 Å². The summed E-state index contributed by atoms with van der Waals surface area (Å²) in [6.45, 7) is 0.712. The van der Waals surface area contributed by atoms with Gasteiger partial charge in [0.25, 0.3) is 5.91 Å². The Morgan fingerprint density at radius 3 is 2.28 bits per heavy atom. The number of amides is 2. The normalized spacial score (nSPS) is 14.0. The van der Waals surface area contributed by atoms with Crippen molar-refractivity contribution in [2.45, 2.75) is 25.3 Å². The van der Waals surface area contributed by atoms with Gasteiger partial charge in [-0.25, -0.2) is 0 Å². The van der Waals surface area contributed by atoms with Gasteiger partial charge in [0.15, 0.2) is 0 Å². The molecule has 1 atom stereocenters. The van der Waals surface area contributed by atoms with E-state index < -0.39 is 0 Å². The molecule has 4 nitrogen and oxygen atoms in total. The zero-order chi connectivity index (χ0) is 20.1. The second-order valence-corrected chi connectivity index (χ2v) is 7.28. The largest absolute Gasteiger partial charge is 0.345 e. The van der Waals surface area contributed by atoms with Crippen molar-refractivity contribution in [2.75, 3.05) is 11.4 Å². The molecule has 0 aliphatic carbocycles. The van der Waals surface area contributed by atoms with Crippen LogP contribution in [0.15, 0.2) is 84.9 Å². The van der Waals surface area contributed by atoms with E-state index in [1.54, 1.807) is 12.1 Å². The molecule has 0 radical (unpaired) electrons. The number of nitrogens with zero attached hydrogens (tertiary/aromatic N) is 1. The van der Waals surface area contributed by atoms with Crippen LogP contribution in [-0.2, 0) is 11.2 Å². The molecular formula is C25H24N2O2. The van der Waals surface area contributed by atoms with Crippen molar-refractivity contribution in [1.29, 1.82) is 0 Å². The highest BCUT2D eigenvalue weighted by Crippen LogP contribution is 2.29. The Kier molecular flexibility index (Phi) is 5.71. The molecule has 0 aromatic heterocycles. The fourth-order valence-corrected chi connectivity index (χ4v) is 3.85. The van der Waals surface area contributed by atoms with Gasteiger partial charge in [-0.1, -0.05) is 66.7 Å². The lowest BCUT2D eigenvalue weighted by atomic mass is 9.99. The lowest BCUT2D eigenvalue weighted by molar-refractivity contribution is -0.119. The maximum absolute atomic E-state index is 13.2. The summed E-state index contributed by atoms with van der Waals surface area (Å²) in [6, 6.07) is 26.5. The maximum Gasteiger partial charge on any atom is 0.251 e. The van der Waals surface area contributed by atoms with Crippen molar-refractivity contribution in [2.24, 2.45) is 0 Å². The molecule has 3 aromatic carbocycles. The van der Waals surface area contributed by atoms with Gasteiger partial charge in [-0.05, 0) is 42.2 Å². The zero-order valence-corrected chi connectivity index (χ0v) is 16.3. The van der Waals surface area contributed by atoms with Crippen LogP contribution in [0, 0.1) is 0 Å². The summed E-state index contributed by atoms with van der Waals surface area (Å²) in [6.07, 6.45) is 2.17. The predicted molar refractivity (Wildman–Crippen MR) is 115 cm³/mol. The molecule has 0 spiro atoms. The van der Waals surface area contributed by atoms with E-state index >= 15 is 0 Å². The topological polar surface area (TPSA) is 49.4 Å². The molecule has 0 bridgehead atoms. The summed E-state index contributed by atoms with van der Waals surface area (Å²) in [5.41, 5.74) is 3.71. The first-order valence-corrected chi connectivity index (χ1v) is 10.0. The number of benzene rings is 3. The Balaban J connectivity index is 1.56. The van der Waals surface area contributed by atoms with Gasteiger partial charge in [-0.3, -0.25) is 9.59 Å². The van der Waals surface area contributed by atoms with Crippen molar-refractivity contribution < 1.29 is 9.59 Å². The van der Waals surface area contributed by atoms with Gasteiger partial charge >= 0.3 is 0 Å². The lowest BCUT2D eigenvalue weighted by Crippen LogP contribution is -2.39. The zero-order valence-electron chi connectivity index (χ0n) is 16.3. The summed E-state index contributed by atoms with van der Waals surface area (Å²) in [4.78, 5) is 27.9. The van der Waals surface area contributed by atoms with Crippen molar-refractivity contribution in [1.82, 2.24) is 5.32 Å². The number of nitrogens with one attached hydrogen (secondary N) is 1. The molecule has 1 aliphatic heterocycles. The number of hydrogen-bond donors (Lipinski definition) is 1. The minimum absolute atomic E-state index is 0.0272. The number of aryl methyl sites for hydroxylation is 1. The molecule has 1 aliphatic rings. The molecule has 146 valence electrons. The van der Waals surface area contributed by atoms with Gasteiger partial charge in [0, 0.05) is 17.8 Å². The molecular weight excluding hydrogens is 360 g/mol. The highest BCUT2D eigenvalue weighted by Gasteiger charge is 2.26. The molecule has 0 fully saturated rings. The number of carbonyl (C=O) groups excluding carboxylic acids is 2. The Hall–Kier alpha value is -3.40. The summed E-state index contributed by atoms with van der Waals surface area (Å²) in [5.74, 6) is -0.148. The fourth-order valence-electron chi connectivity index (χ4n) is 3.85. The molecule has 0 saturated heterocycles. The van der Waals surface area contributed by atoms with Crippen LogP contribution >= 0.6 is 0 Å². The molecule has 29 heavy (non-hydrogen) atoms. The van der Waals surface area contributed by atoms with E-state index in [-0.39, 0.29) is 24.3 Å².